The zero-order valence-electron chi connectivity index (χ0n) is 9.16. The van der Waals surface area contributed by atoms with Crippen LogP contribution >= 0.6 is 15.9 Å². The smallest absolute Gasteiger partial charge is 0.167 e. The summed E-state index contributed by atoms with van der Waals surface area (Å²) in [6, 6.07) is 7.94. The van der Waals surface area contributed by atoms with Crippen LogP contribution in [0.1, 0.15) is 36.0 Å². The standard InChI is InChI=1S/C13H16BrNO/c14-12-4-2-1-3-11(12)13(16)9-5-7-10(15)8-6-9/h1-4,9-10H,5-8,15H2. The molecule has 2 rings (SSSR count). The van der Waals surface area contributed by atoms with Crippen LogP contribution in [0.2, 0.25) is 0 Å². The van der Waals surface area contributed by atoms with Gasteiger partial charge in [-0.3, -0.25) is 4.79 Å². The molecular formula is C13H16BrNO. The first-order valence-electron chi connectivity index (χ1n) is 5.73. The second kappa shape index (κ2) is 5.11. The molecule has 86 valence electrons. The van der Waals surface area contributed by atoms with Gasteiger partial charge >= 0.3 is 0 Å². The van der Waals surface area contributed by atoms with Gasteiger partial charge in [0.15, 0.2) is 5.78 Å². The first-order chi connectivity index (χ1) is 7.68. The van der Waals surface area contributed by atoms with Crippen molar-refractivity contribution in [2.45, 2.75) is 31.7 Å². The van der Waals surface area contributed by atoms with Gasteiger partial charge in [0.25, 0.3) is 0 Å². The third-order valence-electron chi connectivity index (χ3n) is 3.28. The molecule has 1 aliphatic rings. The van der Waals surface area contributed by atoms with E-state index < -0.39 is 0 Å². The van der Waals surface area contributed by atoms with Gasteiger partial charge in [-0.05, 0) is 31.7 Å². The lowest BCUT2D eigenvalue weighted by atomic mass is 9.82. The Bertz CT molecular complexity index is 383. The first-order valence-corrected chi connectivity index (χ1v) is 6.52. The van der Waals surface area contributed by atoms with E-state index in [9.17, 15) is 4.79 Å². The molecule has 3 heteroatoms. The van der Waals surface area contributed by atoms with Gasteiger partial charge in [-0.25, -0.2) is 0 Å². The van der Waals surface area contributed by atoms with E-state index in [1.54, 1.807) is 0 Å². The Hall–Kier alpha value is -0.670. The topological polar surface area (TPSA) is 43.1 Å². The van der Waals surface area contributed by atoms with Crippen molar-refractivity contribution in [1.82, 2.24) is 0 Å². The average Bonchev–Trinajstić information content (AvgIpc) is 2.30. The van der Waals surface area contributed by atoms with Crippen molar-refractivity contribution >= 4 is 21.7 Å². The minimum absolute atomic E-state index is 0.165. The van der Waals surface area contributed by atoms with Crippen molar-refractivity contribution in [3.8, 4) is 0 Å². The summed E-state index contributed by atoms with van der Waals surface area (Å²) in [7, 11) is 0. The Morgan fingerprint density at radius 1 is 1.19 bits per heavy atom. The Balaban J connectivity index is 2.11. The highest BCUT2D eigenvalue weighted by atomic mass is 79.9. The molecule has 1 saturated carbocycles. The van der Waals surface area contributed by atoms with Crippen LogP contribution < -0.4 is 5.73 Å². The molecular weight excluding hydrogens is 266 g/mol. The zero-order chi connectivity index (χ0) is 11.5. The van der Waals surface area contributed by atoms with Crippen LogP contribution in [0.15, 0.2) is 28.7 Å². The van der Waals surface area contributed by atoms with Gasteiger partial charge in [0, 0.05) is 22.0 Å². The van der Waals surface area contributed by atoms with E-state index in [-0.39, 0.29) is 11.7 Å². The Kier molecular flexibility index (Phi) is 3.77. The largest absolute Gasteiger partial charge is 0.328 e. The number of hydrogen-bond acceptors (Lipinski definition) is 2. The number of rotatable bonds is 2. The quantitative estimate of drug-likeness (QED) is 0.847. The lowest BCUT2D eigenvalue weighted by Crippen LogP contribution is -2.29. The average molecular weight is 282 g/mol. The molecule has 0 spiro atoms. The summed E-state index contributed by atoms with van der Waals surface area (Å²) in [5, 5.41) is 0. The van der Waals surface area contributed by atoms with Gasteiger partial charge in [-0.15, -0.1) is 0 Å². The molecule has 1 fully saturated rings. The van der Waals surface area contributed by atoms with Crippen LogP contribution in [0.5, 0.6) is 0 Å². The molecule has 1 aromatic carbocycles. The van der Waals surface area contributed by atoms with Crippen molar-refractivity contribution in [1.29, 1.82) is 0 Å². The fourth-order valence-electron chi connectivity index (χ4n) is 2.26. The molecule has 0 heterocycles. The predicted molar refractivity (Wildman–Crippen MR) is 68.4 cm³/mol. The summed E-state index contributed by atoms with van der Waals surface area (Å²) in [6.45, 7) is 0. The highest BCUT2D eigenvalue weighted by Gasteiger charge is 2.26. The van der Waals surface area contributed by atoms with Crippen molar-refractivity contribution in [3.05, 3.63) is 34.3 Å². The van der Waals surface area contributed by atoms with Gasteiger partial charge in [-0.1, -0.05) is 34.1 Å². The van der Waals surface area contributed by atoms with E-state index in [0.29, 0.717) is 6.04 Å². The van der Waals surface area contributed by atoms with Gasteiger partial charge in [-0.2, -0.15) is 0 Å². The molecule has 0 aliphatic heterocycles. The molecule has 0 saturated heterocycles. The monoisotopic (exact) mass is 281 g/mol. The Morgan fingerprint density at radius 3 is 2.44 bits per heavy atom. The Morgan fingerprint density at radius 2 is 1.81 bits per heavy atom. The van der Waals surface area contributed by atoms with Crippen molar-refractivity contribution in [2.24, 2.45) is 11.7 Å². The van der Waals surface area contributed by atoms with Gasteiger partial charge in [0.1, 0.15) is 0 Å². The predicted octanol–water partition coefficient (Wildman–Crippen LogP) is 3.15. The van der Waals surface area contributed by atoms with E-state index in [1.807, 2.05) is 24.3 Å². The van der Waals surface area contributed by atoms with Gasteiger partial charge in [0.2, 0.25) is 0 Å². The van der Waals surface area contributed by atoms with Crippen LogP contribution in [-0.4, -0.2) is 11.8 Å². The number of carbonyl (C=O) groups excluding carboxylic acids is 1. The second-order valence-corrected chi connectivity index (χ2v) is 5.31. The van der Waals surface area contributed by atoms with E-state index in [0.717, 1.165) is 35.7 Å². The number of benzene rings is 1. The maximum atomic E-state index is 12.3. The van der Waals surface area contributed by atoms with Crippen molar-refractivity contribution < 1.29 is 4.79 Å². The SMILES string of the molecule is NC1CCC(C(=O)c2ccccc2Br)CC1. The van der Waals surface area contributed by atoms with E-state index in [1.165, 1.54) is 0 Å². The van der Waals surface area contributed by atoms with Crippen LogP contribution in [0.25, 0.3) is 0 Å². The third-order valence-corrected chi connectivity index (χ3v) is 3.97. The van der Waals surface area contributed by atoms with Gasteiger partial charge in [0.05, 0.1) is 0 Å². The maximum absolute atomic E-state index is 12.3. The fraction of sp³-hybridized carbons (Fsp3) is 0.462. The highest BCUT2D eigenvalue weighted by Crippen LogP contribution is 2.28. The molecule has 0 atom stereocenters. The summed E-state index contributed by atoms with van der Waals surface area (Å²) < 4.78 is 0.898. The summed E-state index contributed by atoms with van der Waals surface area (Å²) in [4.78, 5) is 12.3. The Labute approximate surface area is 104 Å². The normalized spacial score (nSPS) is 25.4. The summed E-state index contributed by atoms with van der Waals surface area (Å²) >= 11 is 3.43. The molecule has 16 heavy (non-hydrogen) atoms. The summed E-state index contributed by atoms with van der Waals surface area (Å²) in [5.74, 6) is 0.429. The molecule has 2 N–H and O–H groups in total. The van der Waals surface area contributed by atoms with Crippen molar-refractivity contribution in [2.75, 3.05) is 0 Å². The third kappa shape index (κ3) is 2.53. The number of carbonyl (C=O) groups is 1. The minimum Gasteiger partial charge on any atom is -0.328 e. The molecule has 2 nitrogen and oxygen atoms in total. The number of halogens is 1. The molecule has 1 aromatic rings. The molecule has 0 radical (unpaired) electrons. The van der Waals surface area contributed by atoms with Gasteiger partial charge < -0.3 is 5.73 Å². The van der Waals surface area contributed by atoms with E-state index in [2.05, 4.69) is 15.9 Å². The highest BCUT2D eigenvalue weighted by molar-refractivity contribution is 9.10. The number of nitrogens with two attached hydrogens (primary N) is 1. The van der Waals surface area contributed by atoms with Crippen molar-refractivity contribution in [3.63, 3.8) is 0 Å². The molecule has 0 aromatic heterocycles. The molecule has 0 bridgehead atoms. The van der Waals surface area contributed by atoms with Crippen LogP contribution in [0, 0.1) is 5.92 Å². The summed E-state index contributed by atoms with van der Waals surface area (Å²) in [6.07, 6.45) is 3.81. The zero-order valence-corrected chi connectivity index (χ0v) is 10.7. The second-order valence-electron chi connectivity index (χ2n) is 4.46. The van der Waals surface area contributed by atoms with Crippen LogP contribution in [0.4, 0.5) is 0 Å². The maximum Gasteiger partial charge on any atom is 0.167 e. The number of ketones is 1. The lowest BCUT2D eigenvalue weighted by molar-refractivity contribution is 0.0884. The summed E-state index contributed by atoms with van der Waals surface area (Å²) in [5.41, 5.74) is 6.65. The fourth-order valence-corrected chi connectivity index (χ4v) is 2.74. The van der Waals surface area contributed by atoms with Crippen LogP contribution in [0.3, 0.4) is 0 Å². The molecule has 0 unspecified atom stereocenters. The number of Topliss-reactive ketones (excluding diaryl/α,β-unsaturated/α-hetero) is 1. The lowest BCUT2D eigenvalue weighted by Gasteiger charge is -2.25. The number of hydrogen-bond donors (Lipinski definition) is 1. The minimum atomic E-state index is 0.165. The molecule has 1 aliphatic carbocycles. The van der Waals surface area contributed by atoms with Crippen LogP contribution in [-0.2, 0) is 0 Å². The van der Waals surface area contributed by atoms with E-state index >= 15 is 0 Å². The molecule has 0 amide bonds. The first kappa shape index (κ1) is 11.8. The van der Waals surface area contributed by atoms with E-state index in [4.69, 9.17) is 5.73 Å².